The van der Waals surface area contributed by atoms with E-state index >= 15 is 0 Å². The molecule has 0 bridgehead atoms. The van der Waals surface area contributed by atoms with Crippen LogP contribution < -0.4 is 0 Å². The molecule has 0 spiro atoms. The quantitative estimate of drug-likeness (QED) is 0.480. The molecule has 2 heteroatoms. The molecular weight excluding hydrogens is 352 g/mol. The Morgan fingerprint density at radius 3 is 2.79 bits per heavy atom. The molecule has 29 heavy (non-hydrogen) atoms. The second-order valence-electron chi connectivity index (χ2n) is 11.6. The molecule has 3 saturated carbocycles. The zero-order valence-corrected chi connectivity index (χ0v) is 19.1. The molecule has 160 valence electrons. The number of allylic oxidation sites excluding steroid dienone is 2. The molecule has 0 radical (unpaired) electrons. The van der Waals surface area contributed by atoms with Gasteiger partial charge in [0.25, 0.3) is 0 Å². The van der Waals surface area contributed by atoms with Crippen LogP contribution in [0.25, 0.3) is 0 Å². The normalized spacial score (nSPS) is 44.0. The first-order valence-corrected chi connectivity index (χ1v) is 12.7. The third-order valence-electron chi connectivity index (χ3n) is 10.4. The van der Waals surface area contributed by atoms with Gasteiger partial charge in [-0.15, -0.1) is 0 Å². The SMILES string of the molecule is CCCC1CCC2(C)C(CCC3C4CC=C(CCn5ccnc5)C4(C)CCC32)C1. The summed E-state index contributed by atoms with van der Waals surface area (Å²) in [6.45, 7) is 8.83. The van der Waals surface area contributed by atoms with Crippen LogP contribution >= 0.6 is 0 Å². The smallest absolute Gasteiger partial charge is 0.0946 e. The molecule has 0 aliphatic heterocycles. The summed E-state index contributed by atoms with van der Waals surface area (Å²) in [5.41, 5.74) is 2.90. The van der Waals surface area contributed by atoms with E-state index in [-0.39, 0.29) is 0 Å². The second kappa shape index (κ2) is 7.57. The van der Waals surface area contributed by atoms with Gasteiger partial charge < -0.3 is 4.57 Å². The minimum atomic E-state index is 0.477. The predicted molar refractivity (Wildman–Crippen MR) is 120 cm³/mol. The molecule has 0 amide bonds. The van der Waals surface area contributed by atoms with Crippen molar-refractivity contribution in [2.75, 3.05) is 0 Å². The average Bonchev–Trinajstić information content (AvgIpc) is 3.34. The van der Waals surface area contributed by atoms with E-state index in [1.165, 1.54) is 64.2 Å². The van der Waals surface area contributed by atoms with E-state index in [4.69, 9.17) is 0 Å². The molecule has 0 saturated heterocycles. The highest BCUT2D eigenvalue weighted by molar-refractivity contribution is 5.25. The summed E-state index contributed by atoms with van der Waals surface area (Å²) in [4.78, 5) is 4.23. The van der Waals surface area contributed by atoms with Crippen LogP contribution in [0.5, 0.6) is 0 Å². The standard InChI is InChI=1S/C27H42N2/c1-4-5-20-10-13-27(3)22(18-20)6-8-23-24-9-7-21(12-16-29-17-15-28-19-29)26(24,2)14-11-25(23)27/h7,15,17,19-20,22-25H,4-6,8-14,16,18H2,1-3H3. The van der Waals surface area contributed by atoms with Gasteiger partial charge in [-0.25, -0.2) is 4.98 Å². The number of hydrogen-bond acceptors (Lipinski definition) is 1. The van der Waals surface area contributed by atoms with E-state index in [9.17, 15) is 0 Å². The lowest BCUT2D eigenvalue weighted by Gasteiger charge is -2.61. The first-order valence-electron chi connectivity index (χ1n) is 12.7. The van der Waals surface area contributed by atoms with Gasteiger partial charge in [0, 0.05) is 18.9 Å². The summed E-state index contributed by atoms with van der Waals surface area (Å²) in [5, 5.41) is 0. The van der Waals surface area contributed by atoms with Gasteiger partial charge in [-0.2, -0.15) is 0 Å². The molecule has 1 aromatic rings. The van der Waals surface area contributed by atoms with Gasteiger partial charge >= 0.3 is 0 Å². The summed E-state index contributed by atoms with van der Waals surface area (Å²) >= 11 is 0. The van der Waals surface area contributed by atoms with Gasteiger partial charge in [0.2, 0.25) is 0 Å². The van der Waals surface area contributed by atoms with Crippen molar-refractivity contribution in [2.24, 2.45) is 40.4 Å². The molecule has 1 aromatic heterocycles. The first-order chi connectivity index (χ1) is 14.0. The minimum absolute atomic E-state index is 0.477. The highest BCUT2D eigenvalue weighted by Crippen LogP contribution is 2.67. The van der Waals surface area contributed by atoms with Crippen LogP contribution in [-0.2, 0) is 6.54 Å². The Morgan fingerprint density at radius 1 is 1.10 bits per heavy atom. The highest BCUT2D eigenvalue weighted by Gasteiger charge is 2.58. The van der Waals surface area contributed by atoms with Gasteiger partial charge in [-0.3, -0.25) is 0 Å². The van der Waals surface area contributed by atoms with Crippen molar-refractivity contribution >= 4 is 0 Å². The lowest BCUT2D eigenvalue weighted by Crippen LogP contribution is -2.53. The van der Waals surface area contributed by atoms with E-state index in [2.05, 4.69) is 42.6 Å². The van der Waals surface area contributed by atoms with E-state index in [1.807, 2.05) is 12.5 Å². The molecule has 7 unspecified atom stereocenters. The molecule has 0 N–H and O–H groups in total. The van der Waals surface area contributed by atoms with Crippen LogP contribution in [0.2, 0.25) is 0 Å². The highest BCUT2D eigenvalue weighted by atomic mass is 15.0. The van der Waals surface area contributed by atoms with Crippen molar-refractivity contribution in [3.8, 4) is 0 Å². The number of imidazole rings is 1. The Balaban J connectivity index is 1.29. The molecule has 2 nitrogen and oxygen atoms in total. The van der Waals surface area contributed by atoms with Crippen LogP contribution in [0, 0.1) is 40.4 Å². The van der Waals surface area contributed by atoms with Crippen molar-refractivity contribution in [3.05, 3.63) is 30.4 Å². The summed E-state index contributed by atoms with van der Waals surface area (Å²) in [7, 11) is 0. The fourth-order valence-corrected chi connectivity index (χ4v) is 8.73. The Morgan fingerprint density at radius 2 is 2.00 bits per heavy atom. The summed E-state index contributed by atoms with van der Waals surface area (Å²) in [6, 6.07) is 0. The Bertz CT molecular complexity index is 734. The van der Waals surface area contributed by atoms with Crippen molar-refractivity contribution in [3.63, 3.8) is 0 Å². The van der Waals surface area contributed by atoms with E-state index in [0.29, 0.717) is 10.8 Å². The van der Waals surface area contributed by atoms with Gasteiger partial charge in [0.1, 0.15) is 0 Å². The second-order valence-corrected chi connectivity index (χ2v) is 11.6. The fourth-order valence-electron chi connectivity index (χ4n) is 8.73. The summed E-state index contributed by atoms with van der Waals surface area (Å²) < 4.78 is 2.25. The van der Waals surface area contributed by atoms with Gasteiger partial charge in [-0.1, -0.05) is 45.3 Å². The van der Waals surface area contributed by atoms with Gasteiger partial charge in [0.15, 0.2) is 0 Å². The predicted octanol–water partition coefficient (Wildman–Crippen LogP) is 7.27. The van der Waals surface area contributed by atoms with Crippen molar-refractivity contribution in [1.29, 1.82) is 0 Å². The monoisotopic (exact) mass is 394 g/mol. The largest absolute Gasteiger partial charge is 0.337 e. The van der Waals surface area contributed by atoms with Crippen molar-refractivity contribution in [1.82, 2.24) is 9.55 Å². The van der Waals surface area contributed by atoms with Crippen molar-refractivity contribution in [2.45, 2.75) is 97.9 Å². The molecular formula is C27H42N2. The molecule has 7 atom stereocenters. The fraction of sp³-hybridized carbons (Fsp3) is 0.815. The Labute approximate surface area is 178 Å². The Hall–Kier alpha value is -1.05. The zero-order valence-electron chi connectivity index (χ0n) is 19.1. The Kier molecular flexibility index (Phi) is 5.19. The molecule has 5 rings (SSSR count). The third-order valence-corrected chi connectivity index (χ3v) is 10.4. The number of aryl methyl sites for hydroxylation is 1. The number of rotatable bonds is 5. The number of aromatic nitrogens is 2. The first kappa shape index (κ1) is 19.9. The van der Waals surface area contributed by atoms with E-state index in [1.54, 1.807) is 12.0 Å². The zero-order chi connectivity index (χ0) is 20.1. The number of hydrogen-bond donors (Lipinski definition) is 0. The van der Waals surface area contributed by atoms with Crippen LogP contribution in [0.4, 0.5) is 0 Å². The molecule has 0 aromatic carbocycles. The maximum atomic E-state index is 4.23. The van der Waals surface area contributed by atoms with E-state index in [0.717, 1.165) is 36.1 Å². The topological polar surface area (TPSA) is 17.8 Å². The van der Waals surface area contributed by atoms with Gasteiger partial charge in [-0.05, 0) is 98.2 Å². The average molecular weight is 395 g/mol. The summed E-state index contributed by atoms with van der Waals surface area (Å²) in [6.07, 6.45) is 24.7. The summed E-state index contributed by atoms with van der Waals surface area (Å²) in [5.74, 6) is 4.97. The number of nitrogens with zero attached hydrogens (tertiary/aromatic N) is 2. The van der Waals surface area contributed by atoms with Crippen molar-refractivity contribution < 1.29 is 0 Å². The maximum Gasteiger partial charge on any atom is 0.0946 e. The molecule has 1 heterocycles. The lowest BCUT2D eigenvalue weighted by molar-refractivity contribution is -0.108. The van der Waals surface area contributed by atoms with Crippen LogP contribution in [-0.4, -0.2) is 9.55 Å². The third kappa shape index (κ3) is 3.24. The van der Waals surface area contributed by atoms with Crippen LogP contribution in [0.15, 0.2) is 30.4 Å². The minimum Gasteiger partial charge on any atom is -0.337 e. The number of fused-ring (bicyclic) bond motifs is 5. The van der Waals surface area contributed by atoms with E-state index < -0.39 is 0 Å². The molecule has 4 aliphatic carbocycles. The van der Waals surface area contributed by atoms with Gasteiger partial charge in [0.05, 0.1) is 6.33 Å². The van der Waals surface area contributed by atoms with Crippen LogP contribution in [0.1, 0.15) is 91.4 Å². The van der Waals surface area contributed by atoms with Crippen LogP contribution in [0.3, 0.4) is 0 Å². The molecule has 4 aliphatic rings. The molecule has 3 fully saturated rings. The lowest BCUT2D eigenvalue weighted by atomic mass is 9.44. The maximum absolute atomic E-state index is 4.23.